The van der Waals surface area contributed by atoms with E-state index in [-0.39, 0.29) is 6.04 Å². The fourth-order valence-electron chi connectivity index (χ4n) is 3.17. The molecule has 4 aromatic rings. The molecular weight excluding hydrogens is 382 g/mol. The predicted molar refractivity (Wildman–Crippen MR) is 117 cm³/mol. The average molecular weight is 406 g/mol. The van der Waals surface area contributed by atoms with Crippen LogP contribution in [0.3, 0.4) is 0 Å². The molecule has 1 atom stereocenters. The van der Waals surface area contributed by atoms with Crippen LogP contribution in [0, 0.1) is 0 Å². The molecule has 7 heteroatoms. The van der Waals surface area contributed by atoms with Crippen molar-refractivity contribution in [2.24, 2.45) is 5.73 Å². The first-order valence-electron chi connectivity index (χ1n) is 9.50. The molecule has 0 spiro atoms. The van der Waals surface area contributed by atoms with E-state index in [1.54, 1.807) is 19.5 Å². The Bertz CT molecular complexity index is 1060. The van der Waals surface area contributed by atoms with Crippen LogP contribution < -0.4 is 15.8 Å². The van der Waals surface area contributed by atoms with Crippen molar-refractivity contribution in [2.75, 3.05) is 13.7 Å². The minimum Gasteiger partial charge on any atom is -0.497 e. The van der Waals surface area contributed by atoms with Crippen LogP contribution >= 0.6 is 11.5 Å². The van der Waals surface area contributed by atoms with Crippen LogP contribution in [0.4, 0.5) is 0 Å². The molecule has 0 radical (unpaired) electrons. The Balaban J connectivity index is 1.28. The van der Waals surface area contributed by atoms with Crippen LogP contribution in [0.25, 0.3) is 21.5 Å². The number of hydrogen-bond acceptors (Lipinski definition) is 7. The van der Waals surface area contributed by atoms with Crippen LogP contribution in [-0.2, 0) is 6.54 Å². The molecule has 0 saturated heterocycles. The normalized spacial score (nSPS) is 12.2. The first-order chi connectivity index (χ1) is 14.2. The number of nitrogens with zero attached hydrogens (tertiary/aromatic N) is 3. The molecular formula is C22H23N5OS. The summed E-state index contributed by atoms with van der Waals surface area (Å²) in [6.45, 7) is 1.61. The van der Waals surface area contributed by atoms with E-state index in [4.69, 9.17) is 10.5 Å². The van der Waals surface area contributed by atoms with Gasteiger partial charge in [-0.3, -0.25) is 4.98 Å². The second-order valence-corrected chi connectivity index (χ2v) is 7.53. The summed E-state index contributed by atoms with van der Waals surface area (Å²) in [5.74, 6) is 0.866. The maximum Gasteiger partial charge on any atom is 0.162 e. The number of methoxy groups -OCH3 is 1. The quantitative estimate of drug-likeness (QED) is 0.432. The molecule has 0 aliphatic rings. The standard InChI is InChI=1S/C22H23N5OS/c1-28-18-8-6-17(7-9-18)16-4-2-15(3-5-16)14-24-11-10-19(23)20-21-22(29-27-20)26-13-12-25-21/h2-9,12-13,19,24H,10-11,14,23H2,1H3. The second kappa shape index (κ2) is 9.09. The van der Waals surface area contributed by atoms with Crippen molar-refractivity contribution in [3.8, 4) is 16.9 Å². The highest BCUT2D eigenvalue weighted by atomic mass is 32.1. The van der Waals surface area contributed by atoms with Crippen LogP contribution in [-0.4, -0.2) is 28.0 Å². The summed E-state index contributed by atoms with van der Waals surface area (Å²) in [5, 5.41) is 3.46. The van der Waals surface area contributed by atoms with Gasteiger partial charge >= 0.3 is 0 Å². The van der Waals surface area contributed by atoms with Crippen molar-refractivity contribution < 1.29 is 4.74 Å². The Morgan fingerprint density at radius 1 is 1.00 bits per heavy atom. The van der Waals surface area contributed by atoms with E-state index in [0.717, 1.165) is 41.3 Å². The van der Waals surface area contributed by atoms with Gasteiger partial charge in [0, 0.05) is 18.9 Å². The third kappa shape index (κ3) is 4.59. The minimum absolute atomic E-state index is 0.148. The van der Waals surface area contributed by atoms with Gasteiger partial charge in [0.05, 0.1) is 18.8 Å². The lowest BCUT2D eigenvalue weighted by molar-refractivity contribution is 0.415. The first-order valence-corrected chi connectivity index (χ1v) is 10.3. The second-order valence-electron chi connectivity index (χ2n) is 6.78. The molecule has 2 aromatic heterocycles. The number of rotatable bonds is 8. The summed E-state index contributed by atoms with van der Waals surface area (Å²) in [6, 6.07) is 16.5. The lowest BCUT2D eigenvalue weighted by Crippen LogP contribution is -2.21. The lowest BCUT2D eigenvalue weighted by atomic mass is 10.0. The summed E-state index contributed by atoms with van der Waals surface area (Å²) < 4.78 is 9.65. The largest absolute Gasteiger partial charge is 0.497 e. The van der Waals surface area contributed by atoms with Gasteiger partial charge in [0.15, 0.2) is 4.83 Å². The van der Waals surface area contributed by atoms with Gasteiger partial charge in [0.25, 0.3) is 0 Å². The zero-order chi connectivity index (χ0) is 20.1. The number of benzene rings is 2. The maximum absolute atomic E-state index is 6.32. The average Bonchev–Trinajstić information content (AvgIpc) is 3.21. The summed E-state index contributed by atoms with van der Waals surface area (Å²) in [4.78, 5) is 9.47. The molecule has 0 amide bonds. The molecule has 0 fully saturated rings. The van der Waals surface area contributed by atoms with Gasteiger partial charge in [-0.15, -0.1) is 0 Å². The molecule has 6 nitrogen and oxygen atoms in total. The number of aromatic nitrogens is 3. The van der Waals surface area contributed by atoms with Crippen LogP contribution in [0.15, 0.2) is 60.9 Å². The topological polar surface area (TPSA) is 86.0 Å². The van der Waals surface area contributed by atoms with E-state index >= 15 is 0 Å². The number of nitrogens with two attached hydrogens (primary N) is 1. The maximum atomic E-state index is 6.32. The number of ether oxygens (including phenoxy) is 1. The fourth-order valence-corrected chi connectivity index (χ4v) is 3.93. The van der Waals surface area contributed by atoms with Gasteiger partial charge in [-0.25, -0.2) is 4.98 Å². The van der Waals surface area contributed by atoms with Crippen LogP contribution in [0.5, 0.6) is 5.75 Å². The highest BCUT2D eigenvalue weighted by molar-refractivity contribution is 7.12. The van der Waals surface area contributed by atoms with Crippen LogP contribution in [0.1, 0.15) is 23.7 Å². The van der Waals surface area contributed by atoms with Gasteiger partial charge in [-0.05, 0) is 53.3 Å². The number of nitrogens with one attached hydrogen (secondary N) is 1. The van der Waals surface area contributed by atoms with Gasteiger partial charge in [0.1, 0.15) is 11.3 Å². The minimum atomic E-state index is -0.148. The molecule has 3 N–H and O–H groups in total. The molecule has 0 aliphatic heterocycles. The Kier molecular flexibility index (Phi) is 6.09. The van der Waals surface area contributed by atoms with Crippen molar-refractivity contribution in [3.63, 3.8) is 0 Å². The molecule has 2 aromatic carbocycles. The van der Waals surface area contributed by atoms with Crippen molar-refractivity contribution in [1.29, 1.82) is 0 Å². The van der Waals surface area contributed by atoms with Gasteiger partial charge in [-0.1, -0.05) is 36.4 Å². The Morgan fingerprint density at radius 3 is 2.41 bits per heavy atom. The van der Waals surface area contributed by atoms with Gasteiger partial charge < -0.3 is 15.8 Å². The molecule has 4 rings (SSSR count). The summed E-state index contributed by atoms with van der Waals surface area (Å²) in [5.41, 5.74) is 11.6. The highest BCUT2D eigenvalue weighted by Gasteiger charge is 2.15. The van der Waals surface area contributed by atoms with E-state index in [1.165, 1.54) is 28.2 Å². The smallest absolute Gasteiger partial charge is 0.162 e. The van der Waals surface area contributed by atoms with Crippen LogP contribution in [0.2, 0.25) is 0 Å². The summed E-state index contributed by atoms with van der Waals surface area (Å²) in [7, 11) is 1.68. The van der Waals surface area contributed by atoms with Crippen molar-refractivity contribution in [1.82, 2.24) is 19.7 Å². The SMILES string of the molecule is COc1ccc(-c2ccc(CNCCC(N)c3nsc4nccnc34)cc2)cc1. The van der Waals surface area contributed by atoms with Gasteiger partial charge in [-0.2, -0.15) is 4.37 Å². The van der Waals surface area contributed by atoms with E-state index in [2.05, 4.69) is 56.1 Å². The van der Waals surface area contributed by atoms with Gasteiger partial charge in [0.2, 0.25) is 0 Å². The molecule has 29 heavy (non-hydrogen) atoms. The third-order valence-corrected chi connectivity index (χ3v) is 5.59. The molecule has 0 saturated carbocycles. The summed E-state index contributed by atoms with van der Waals surface area (Å²) >= 11 is 1.35. The molecule has 148 valence electrons. The predicted octanol–water partition coefficient (Wildman–Crippen LogP) is 3.94. The Hall–Kier alpha value is -2.87. The van der Waals surface area contributed by atoms with E-state index in [0.29, 0.717) is 0 Å². The number of hydrogen-bond donors (Lipinski definition) is 2. The van der Waals surface area contributed by atoms with E-state index in [1.807, 2.05) is 12.1 Å². The lowest BCUT2D eigenvalue weighted by Gasteiger charge is -2.11. The number of fused-ring (bicyclic) bond motifs is 1. The van der Waals surface area contributed by atoms with E-state index < -0.39 is 0 Å². The molecule has 1 unspecified atom stereocenters. The zero-order valence-electron chi connectivity index (χ0n) is 16.2. The monoisotopic (exact) mass is 405 g/mol. The summed E-state index contributed by atoms with van der Waals surface area (Å²) in [6.07, 6.45) is 4.15. The van der Waals surface area contributed by atoms with Crippen molar-refractivity contribution in [3.05, 3.63) is 72.2 Å². The van der Waals surface area contributed by atoms with Crippen molar-refractivity contribution >= 4 is 21.9 Å². The Labute approximate surface area is 173 Å². The van der Waals surface area contributed by atoms with Crippen molar-refractivity contribution in [2.45, 2.75) is 19.0 Å². The Morgan fingerprint density at radius 2 is 1.69 bits per heavy atom. The van der Waals surface area contributed by atoms with E-state index in [9.17, 15) is 0 Å². The highest BCUT2D eigenvalue weighted by Crippen LogP contribution is 2.24. The fraction of sp³-hybridized carbons (Fsp3) is 0.227. The molecule has 0 aliphatic carbocycles. The zero-order valence-corrected chi connectivity index (χ0v) is 17.0. The third-order valence-electron chi connectivity index (χ3n) is 4.83. The molecule has 0 bridgehead atoms. The molecule has 2 heterocycles. The first kappa shape index (κ1) is 19.4.